The number of fused-ring (bicyclic) bond motifs is 1. The van der Waals surface area contributed by atoms with Crippen LogP contribution in [0.15, 0.2) is 85.1 Å². The van der Waals surface area contributed by atoms with E-state index in [1.54, 1.807) is 0 Å². The van der Waals surface area contributed by atoms with Gasteiger partial charge in [0.25, 0.3) is 0 Å². The predicted octanol–water partition coefficient (Wildman–Crippen LogP) is 5.46. The highest BCUT2D eigenvalue weighted by molar-refractivity contribution is 6.08. The van der Waals surface area contributed by atoms with Gasteiger partial charge < -0.3 is 9.67 Å². The van der Waals surface area contributed by atoms with Crippen molar-refractivity contribution in [2.24, 2.45) is 0 Å². The van der Waals surface area contributed by atoms with Crippen LogP contribution in [0.5, 0.6) is 0 Å². The highest BCUT2D eigenvalue weighted by atomic mass is 16.4. The summed E-state index contributed by atoms with van der Waals surface area (Å²) in [4.78, 5) is 24.1. The summed E-state index contributed by atoms with van der Waals surface area (Å²) in [6.45, 7) is 0. The Hall–Kier alpha value is -3.66. The van der Waals surface area contributed by atoms with Gasteiger partial charge in [-0.25, -0.2) is 0 Å². The van der Waals surface area contributed by atoms with Gasteiger partial charge in [0.05, 0.1) is 5.52 Å². The van der Waals surface area contributed by atoms with Crippen molar-refractivity contribution in [2.45, 2.75) is 25.7 Å². The quantitative estimate of drug-likeness (QED) is 0.402. The summed E-state index contributed by atoms with van der Waals surface area (Å²) in [6.07, 6.45) is 3.55. The Kier molecular flexibility index (Phi) is 5.75. The van der Waals surface area contributed by atoms with Crippen LogP contribution in [0.2, 0.25) is 0 Å². The lowest BCUT2D eigenvalue weighted by molar-refractivity contribution is -0.136. The molecule has 0 atom stereocenters. The minimum Gasteiger partial charge on any atom is -0.481 e. The number of para-hydroxylation sites is 1. The topological polar surface area (TPSA) is 59.3 Å². The maximum absolute atomic E-state index is 13.1. The fraction of sp³-hybridized carbons (Fsp3) is 0.154. The van der Waals surface area contributed by atoms with Gasteiger partial charge in [0.15, 0.2) is 5.78 Å². The van der Waals surface area contributed by atoms with Crippen LogP contribution >= 0.6 is 0 Å². The molecule has 1 N–H and O–H groups in total. The number of benzene rings is 3. The Morgan fingerprint density at radius 3 is 2.13 bits per heavy atom. The summed E-state index contributed by atoms with van der Waals surface area (Å²) in [5.74, 6) is -0.731. The third-order valence-corrected chi connectivity index (χ3v) is 5.31. The van der Waals surface area contributed by atoms with Crippen LogP contribution in [0.3, 0.4) is 0 Å². The normalized spacial score (nSPS) is 10.9. The number of carbonyl (C=O) groups excluding carboxylic acids is 1. The van der Waals surface area contributed by atoms with Crippen molar-refractivity contribution in [3.63, 3.8) is 0 Å². The Morgan fingerprint density at radius 1 is 0.767 bits per heavy atom. The number of aryl methyl sites for hydroxylation is 2. The first kappa shape index (κ1) is 19.6. The number of carbonyl (C=O) groups is 2. The third kappa shape index (κ3) is 4.33. The number of carboxylic acid groups (broad SMARTS) is 1. The molecule has 4 heteroatoms. The number of hydrogen-bond acceptors (Lipinski definition) is 2. The number of rotatable bonds is 8. The Morgan fingerprint density at radius 2 is 1.43 bits per heavy atom. The molecule has 0 saturated heterocycles. The number of Topliss-reactive ketones (excluding diaryl/α,β-unsaturated/α-hetero) is 1. The van der Waals surface area contributed by atoms with Gasteiger partial charge in [0, 0.05) is 35.7 Å². The third-order valence-electron chi connectivity index (χ3n) is 5.31. The molecule has 0 aliphatic heterocycles. The van der Waals surface area contributed by atoms with Gasteiger partial charge in [0.2, 0.25) is 0 Å². The standard InChI is InChI=1S/C26H23NO3/c28-25(15-12-19-7-3-1-4-8-19)23-18-27(21-9-5-2-6-10-21)24-14-11-20(17-22(23)24)13-16-26(29)30/h1-11,14,17-18H,12-13,15-16H2,(H,29,30). The Balaban J connectivity index is 1.71. The molecule has 4 nitrogen and oxygen atoms in total. The van der Waals surface area contributed by atoms with E-state index in [1.165, 1.54) is 0 Å². The average Bonchev–Trinajstić information content (AvgIpc) is 3.16. The van der Waals surface area contributed by atoms with Gasteiger partial charge >= 0.3 is 5.97 Å². The maximum atomic E-state index is 13.1. The van der Waals surface area contributed by atoms with Crippen LogP contribution in [0.4, 0.5) is 0 Å². The molecule has 30 heavy (non-hydrogen) atoms. The largest absolute Gasteiger partial charge is 0.481 e. The van der Waals surface area contributed by atoms with Crippen molar-refractivity contribution >= 4 is 22.7 Å². The van der Waals surface area contributed by atoms with Crippen molar-refractivity contribution in [3.05, 3.63) is 102 Å². The van der Waals surface area contributed by atoms with E-state index >= 15 is 0 Å². The van der Waals surface area contributed by atoms with E-state index in [9.17, 15) is 9.59 Å². The molecule has 0 radical (unpaired) electrons. The Bertz CT molecular complexity index is 1180. The number of aromatic nitrogens is 1. The highest BCUT2D eigenvalue weighted by Crippen LogP contribution is 2.28. The average molecular weight is 397 g/mol. The van der Waals surface area contributed by atoms with E-state index in [1.807, 2.05) is 89.6 Å². The second-order valence-corrected chi connectivity index (χ2v) is 7.40. The summed E-state index contributed by atoms with van der Waals surface area (Å²) in [5, 5.41) is 9.88. The zero-order chi connectivity index (χ0) is 20.9. The number of nitrogens with zero attached hydrogens (tertiary/aromatic N) is 1. The van der Waals surface area contributed by atoms with E-state index in [-0.39, 0.29) is 12.2 Å². The highest BCUT2D eigenvalue weighted by Gasteiger charge is 2.17. The molecule has 1 aromatic heterocycles. The van der Waals surface area contributed by atoms with Crippen LogP contribution < -0.4 is 0 Å². The van der Waals surface area contributed by atoms with Gasteiger partial charge in [-0.2, -0.15) is 0 Å². The maximum Gasteiger partial charge on any atom is 0.303 e. The first-order valence-electron chi connectivity index (χ1n) is 10.1. The molecule has 0 amide bonds. The molecular weight excluding hydrogens is 374 g/mol. The summed E-state index contributed by atoms with van der Waals surface area (Å²) >= 11 is 0. The van der Waals surface area contributed by atoms with Crippen molar-refractivity contribution in [1.29, 1.82) is 0 Å². The van der Waals surface area contributed by atoms with E-state index in [4.69, 9.17) is 5.11 Å². The molecule has 0 aliphatic carbocycles. The van der Waals surface area contributed by atoms with E-state index in [0.717, 1.165) is 27.7 Å². The van der Waals surface area contributed by atoms with Gasteiger partial charge in [0.1, 0.15) is 0 Å². The number of aliphatic carboxylic acids is 1. The predicted molar refractivity (Wildman–Crippen MR) is 118 cm³/mol. The minimum absolute atomic E-state index is 0.0716. The lowest BCUT2D eigenvalue weighted by Gasteiger charge is -2.06. The van der Waals surface area contributed by atoms with Crippen molar-refractivity contribution in [1.82, 2.24) is 4.57 Å². The Labute approximate surface area is 175 Å². The van der Waals surface area contributed by atoms with Gasteiger partial charge in [-0.15, -0.1) is 0 Å². The second kappa shape index (κ2) is 8.78. The van der Waals surface area contributed by atoms with Gasteiger partial charge in [-0.1, -0.05) is 54.6 Å². The van der Waals surface area contributed by atoms with E-state index in [2.05, 4.69) is 0 Å². The van der Waals surface area contributed by atoms with Crippen LogP contribution in [0, 0.1) is 0 Å². The van der Waals surface area contributed by atoms with E-state index < -0.39 is 5.97 Å². The molecule has 4 aromatic rings. The summed E-state index contributed by atoms with van der Waals surface area (Å²) in [6, 6.07) is 25.8. The summed E-state index contributed by atoms with van der Waals surface area (Å²) in [7, 11) is 0. The molecule has 0 fully saturated rings. The molecule has 0 saturated carbocycles. The molecular formula is C26H23NO3. The number of ketones is 1. The van der Waals surface area contributed by atoms with Crippen LogP contribution in [0.25, 0.3) is 16.6 Å². The van der Waals surface area contributed by atoms with Crippen molar-refractivity contribution in [3.8, 4) is 5.69 Å². The lowest BCUT2D eigenvalue weighted by Crippen LogP contribution is -2.01. The first-order valence-corrected chi connectivity index (χ1v) is 10.1. The lowest BCUT2D eigenvalue weighted by atomic mass is 10.0. The summed E-state index contributed by atoms with van der Waals surface area (Å²) < 4.78 is 2.03. The zero-order valence-electron chi connectivity index (χ0n) is 16.6. The molecule has 0 unspecified atom stereocenters. The fourth-order valence-electron chi connectivity index (χ4n) is 3.75. The SMILES string of the molecule is O=C(O)CCc1ccc2c(c1)c(C(=O)CCc1ccccc1)cn2-c1ccccc1. The molecule has 0 bridgehead atoms. The zero-order valence-corrected chi connectivity index (χ0v) is 16.6. The fourth-order valence-corrected chi connectivity index (χ4v) is 3.75. The first-order chi connectivity index (χ1) is 14.6. The molecule has 1 heterocycles. The molecule has 150 valence electrons. The van der Waals surface area contributed by atoms with Gasteiger partial charge in [-0.05, 0) is 48.2 Å². The second-order valence-electron chi connectivity index (χ2n) is 7.40. The minimum atomic E-state index is -0.823. The van der Waals surface area contributed by atoms with E-state index in [0.29, 0.717) is 24.8 Å². The summed E-state index contributed by atoms with van der Waals surface area (Å²) in [5.41, 5.74) is 4.68. The number of hydrogen-bond donors (Lipinski definition) is 1. The van der Waals surface area contributed by atoms with Crippen molar-refractivity contribution < 1.29 is 14.7 Å². The number of carboxylic acids is 1. The van der Waals surface area contributed by atoms with Crippen LogP contribution in [0.1, 0.15) is 34.3 Å². The van der Waals surface area contributed by atoms with Crippen LogP contribution in [-0.4, -0.2) is 21.4 Å². The smallest absolute Gasteiger partial charge is 0.303 e. The molecule has 4 rings (SSSR count). The molecule has 0 aliphatic rings. The van der Waals surface area contributed by atoms with Gasteiger partial charge in [-0.3, -0.25) is 9.59 Å². The van der Waals surface area contributed by atoms with Crippen LogP contribution in [-0.2, 0) is 17.6 Å². The monoisotopic (exact) mass is 397 g/mol. The molecule has 3 aromatic carbocycles. The van der Waals surface area contributed by atoms with Crippen molar-refractivity contribution in [2.75, 3.05) is 0 Å². The molecule has 0 spiro atoms.